The largest absolute Gasteiger partial charge is 0.266 e. The fourth-order valence-corrected chi connectivity index (χ4v) is 2.80. The number of hydrogen-bond acceptors (Lipinski definition) is 0. The summed E-state index contributed by atoms with van der Waals surface area (Å²) in [5.74, 6) is 0. The summed E-state index contributed by atoms with van der Waals surface area (Å²) in [4.78, 5) is 0. The van der Waals surface area contributed by atoms with Crippen molar-refractivity contribution >= 4 is 104 Å². The standard InChI is InChI=1S/C13H8Cl4.C6H5Cl.CCl4/c14-11-5-1-9(2-6-11)13(16,17)10-3-7-12(15)8-4-10;7-6-4-2-1-3-5-6;2-1(3,4)5/h1-8H;1-5H;. The van der Waals surface area contributed by atoms with E-state index in [1.54, 1.807) is 48.5 Å². The van der Waals surface area contributed by atoms with E-state index in [0.29, 0.717) is 10.0 Å². The van der Waals surface area contributed by atoms with Gasteiger partial charge in [-0.2, -0.15) is 0 Å². The predicted molar refractivity (Wildman–Crippen MR) is 133 cm³/mol. The van der Waals surface area contributed by atoms with Crippen LogP contribution in [0.3, 0.4) is 0 Å². The van der Waals surface area contributed by atoms with E-state index in [9.17, 15) is 0 Å². The molecule has 0 atom stereocenters. The van der Waals surface area contributed by atoms with Crippen molar-refractivity contribution in [3.63, 3.8) is 0 Å². The quantitative estimate of drug-likeness (QED) is 0.268. The number of benzene rings is 3. The molecule has 3 rings (SSSR count). The number of hydrogen-bond donors (Lipinski definition) is 0. The summed E-state index contributed by atoms with van der Waals surface area (Å²) in [7, 11) is 0. The Balaban J connectivity index is 0.000000288. The molecule has 9 heteroatoms. The molecule has 0 saturated heterocycles. The minimum atomic E-state index is -1.61. The molecule has 0 aliphatic carbocycles. The van der Waals surface area contributed by atoms with Crippen LogP contribution >= 0.6 is 104 Å². The fourth-order valence-electron chi connectivity index (χ4n) is 1.90. The van der Waals surface area contributed by atoms with Gasteiger partial charge in [-0.3, -0.25) is 0 Å². The van der Waals surface area contributed by atoms with Crippen LogP contribution < -0.4 is 0 Å². The minimum Gasteiger partial charge on any atom is -0.0909 e. The van der Waals surface area contributed by atoms with Crippen LogP contribution in [0.2, 0.25) is 15.1 Å². The van der Waals surface area contributed by atoms with Crippen molar-refractivity contribution in [2.75, 3.05) is 0 Å². The van der Waals surface area contributed by atoms with Crippen LogP contribution in [0, 0.1) is 0 Å². The molecule has 0 fully saturated rings. The summed E-state index contributed by atoms with van der Waals surface area (Å²) < 4.78 is -2.71. The Bertz CT molecular complexity index is 786. The molecular formula is C20H13Cl9. The van der Waals surface area contributed by atoms with E-state index >= 15 is 0 Å². The Kier molecular flexibility index (Phi) is 12.2. The predicted octanol–water partition coefficient (Wildman–Crippen LogP) is 10.6. The van der Waals surface area contributed by atoms with Crippen molar-refractivity contribution in [3.05, 3.63) is 105 Å². The topological polar surface area (TPSA) is 0 Å². The molecule has 0 N–H and O–H groups in total. The molecule has 156 valence electrons. The Morgan fingerprint density at radius 3 is 0.931 bits per heavy atom. The van der Waals surface area contributed by atoms with Gasteiger partial charge >= 0.3 is 0 Å². The molecule has 0 amide bonds. The maximum atomic E-state index is 6.37. The first-order valence-electron chi connectivity index (χ1n) is 7.75. The van der Waals surface area contributed by atoms with Crippen LogP contribution in [-0.2, 0) is 4.33 Å². The van der Waals surface area contributed by atoms with Crippen LogP contribution in [0.4, 0.5) is 0 Å². The molecule has 3 aromatic carbocycles. The first kappa shape index (κ1) is 27.3. The van der Waals surface area contributed by atoms with E-state index in [4.69, 9.17) is 104 Å². The van der Waals surface area contributed by atoms with Crippen LogP contribution in [0.15, 0.2) is 78.9 Å². The van der Waals surface area contributed by atoms with Gasteiger partial charge in [0, 0.05) is 15.1 Å². The third-order valence-corrected chi connectivity index (χ3v) is 4.78. The zero-order valence-electron chi connectivity index (χ0n) is 14.4. The van der Waals surface area contributed by atoms with Gasteiger partial charge in [-0.15, -0.1) is 0 Å². The molecule has 0 aliphatic heterocycles. The Morgan fingerprint density at radius 1 is 0.414 bits per heavy atom. The van der Waals surface area contributed by atoms with Gasteiger partial charge in [0.15, 0.2) is 4.33 Å². The first-order valence-corrected chi connectivity index (χ1v) is 11.2. The lowest BCUT2D eigenvalue weighted by Gasteiger charge is -2.20. The van der Waals surface area contributed by atoms with Gasteiger partial charge in [0.05, 0.1) is 0 Å². The highest BCUT2D eigenvalue weighted by Crippen LogP contribution is 2.41. The number of alkyl halides is 6. The maximum Gasteiger partial charge on any atom is 0.266 e. The van der Waals surface area contributed by atoms with Gasteiger partial charge in [-0.25, -0.2) is 0 Å². The molecule has 0 aromatic heterocycles. The Hall–Kier alpha value is 0.270. The normalized spacial score (nSPS) is 10.9. The Morgan fingerprint density at radius 2 is 0.690 bits per heavy atom. The highest BCUT2D eigenvalue weighted by atomic mass is 35.6. The average Bonchev–Trinajstić information content (AvgIpc) is 2.62. The first-order chi connectivity index (χ1) is 13.4. The van der Waals surface area contributed by atoms with E-state index < -0.39 is 7.59 Å². The molecule has 0 heterocycles. The van der Waals surface area contributed by atoms with Crippen molar-refractivity contribution in [2.24, 2.45) is 0 Å². The average molecular weight is 572 g/mol. The van der Waals surface area contributed by atoms with Gasteiger partial charge in [-0.05, 0) is 47.5 Å². The summed E-state index contributed by atoms with van der Waals surface area (Å²) in [6, 6.07) is 23.7. The van der Waals surface area contributed by atoms with Crippen LogP contribution in [0.25, 0.3) is 0 Å². The summed E-state index contributed by atoms with van der Waals surface area (Å²) in [5.41, 5.74) is 1.54. The lowest BCUT2D eigenvalue weighted by atomic mass is 10.0. The second-order valence-electron chi connectivity index (χ2n) is 5.31. The lowest BCUT2D eigenvalue weighted by Crippen LogP contribution is -2.11. The third-order valence-electron chi connectivity index (χ3n) is 3.15. The molecule has 0 spiro atoms. The number of rotatable bonds is 2. The summed E-state index contributed by atoms with van der Waals surface area (Å²) in [5, 5.41) is 2.09. The monoisotopic (exact) mass is 568 g/mol. The van der Waals surface area contributed by atoms with Gasteiger partial charge in [-0.1, -0.05) is 147 Å². The van der Waals surface area contributed by atoms with Crippen molar-refractivity contribution in [1.82, 2.24) is 0 Å². The van der Waals surface area contributed by atoms with Gasteiger partial charge < -0.3 is 0 Å². The molecule has 0 unspecified atom stereocenters. The summed E-state index contributed by atoms with van der Waals surface area (Å²) in [6.07, 6.45) is 0. The van der Waals surface area contributed by atoms with E-state index in [-0.39, 0.29) is 0 Å². The fraction of sp³-hybridized carbons (Fsp3) is 0.100. The van der Waals surface area contributed by atoms with Gasteiger partial charge in [0.2, 0.25) is 0 Å². The highest BCUT2D eigenvalue weighted by molar-refractivity contribution is 6.83. The van der Waals surface area contributed by atoms with E-state index in [1.807, 2.05) is 30.3 Å². The van der Waals surface area contributed by atoms with E-state index in [1.165, 1.54) is 0 Å². The lowest BCUT2D eigenvalue weighted by molar-refractivity contribution is 1.04. The summed E-state index contributed by atoms with van der Waals surface area (Å²) in [6.45, 7) is 0. The van der Waals surface area contributed by atoms with Crippen LogP contribution in [0.1, 0.15) is 11.1 Å². The number of halogens is 9. The Labute approximate surface area is 215 Å². The molecule has 0 radical (unpaired) electrons. The molecule has 0 aliphatic rings. The zero-order valence-corrected chi connectivity index (χ0v) is 21.2. The maximum absolute atomic E-state index is 6.37. The van der Waals surface area contributed by atoms with Crippen molar-refractivity contribution < 1.29 is 0 Å². The molecule has 29 heavy (non-hydrogen) atoms. The van der Waals surface area contributed by atoms with Crippen molar-refractivity contribution in [2.45, 2.75) is 7.59 Å². The van der Waals surface area contributed by atoms with Crippen molar-refractivity contribution in [3.8, 4) is 0 Å². The second-order valence-corrected chi connectivity index (χ2v) is 11.4. The highest BCUT2D eigenvalue weighted by Gasteiger charge is 2.28. The van der Waals surface area contributed by atoms with Crippen LogP contribution in [-0.4, -0.2) is 3.25 Å². The molecule has 0 nitrogen and oxygen atoms in total. The molecule has 3 aromatic rings. The third kappa shape index (κ3) is 12.0. The molecule has 0 saturated carbocycles. The van der Waals surface area contributed by atoms with Gasteiger partial charge in [0.25, 0.3) is 3.25 Å². The van der Waals surface area contributed by atoms with E-state index in [2.05, 4.69) is 0 Å². The van der Waals surface area contributed by atoms with Gasteiger partial charge in [0.1, 0.15) is 0 Å². The molecular weight excluding hydrogens is 559 g/mol. The molecule has 0 bridgehead atoms. The summed E-state index contributed by atoms with van der Waals surface area (Å²) >= 11 is 49.2. The minimum absolute atomic E-state index is 0.647. The SMILES string of the molecule is ClC(Cl)(Cl)Cl.Clc1ccc(C(Cl)(Cl)c2ccc(Cl)cc2)cc1.Clc1ccccc1. The van der Waals surface area contributed by atoms with Crippen LogP contribution in [0.5, 0.6) is 0 Å². The second kappa shape index (κ2) is 13.0. The van der Waals surface area contributed by atoms with E-state index in [0.717, 1.165) is 16.1 Å². The zero-order chi connectivity index (χ0) is 22.1. The smallest absolute Gasteiger partial charge is 0.0909 e. The van der Waals surface area contributed by atoms with Crippen molar-refractivity contribution in [1.29, 1.82) is 0 Å².